The van der Waals surface area contributed by atoms with Gasteiger partial charge in [-0.3, -0.25) is 0 Å². The summed E-state index contributed by atoms with van der Waals surface area (Å²) < 4.78 is 22.8. The molecule has 0 fully saturated rings. The number of hydrogen-bond donors (Lipinski definition) is 2. The van der Waals surface area contributed by atoms with Crippen molar-refractivity contribution in [2.75, 3.05) is 6.26 Å². The monoisotopic (exact) mass is 467 g/mol. The van der Waals surface area contributed by atoms with Gasteiger partial charge in [0.2, 0.25) is 0 Å². The molecule has 0 heterocycles. The van der Waals surface area contributed by atoms with Crippen LogP contribution in [0.25, 0.3) is 0 Å². The first kappa shape index (κ1) is 23.2. The highest BCUT2D eigenvalue weighted by atomic mass is 127. The Morgan fingerprint density at radius 1 is 1.17 bits per heavy atom. The van der Waals surface area contributed by atoms with Gasteiger partial charge in [-0.1, -0.05) is 38.8 Å². The van der Waals surface area contributed by atoms with Crippen LogP contribution in [-0.2, 0) is 16.4 Å². The fourth-order valence-electron chi connectivity index (χ4n) is 2.22. The van der Waals surface area contributed by atoms with Gasteiger partial charge in [-0.2, -0.15) is 0 Å². The Hall–Kier alpha value is -0.830. The van der Waals surface area contributed by atoms with Crippen molar-refractivity contribution in [2.45, 2.75) is 57.5 Å². The lowest BCUT2D eigenvalue weighted by Crippen LogP contribution is -2.38. The van der Waals surface area contributed by atoms with Crippen molar-refractivity contribution in [2.24, 2.45) is 16.6 Å². The topological polar surface area (TPSA) is 84.5 Å². The number of guanidine groups is 1. The van der Waals surface area contributed by atoms with Gasteiger partial charge in [0.05, 0.1) is 11.4 Å². The Kier molecular flexibility index (Phi) is 10.5. The third kappa shape index (κ3) is 9.46. The summed E-state index contributed by atoms with van der Waals surface area (Å²) in [7, 11) is -3.15. The number of nitrogens with one attached hydrogen (secondary N) is 1. The van der Waals surface area contributed by atoms with Crippen molar-refractivity contribution < 1.29 is 8.42 Å². The van der Waals surface area contributed by atoms with E-state index in [-0.39, 0.29) is 24.0 Å². The van der Waals surface area contributed by atoms with Crippen LogP contribution >= 0.6 is 24.0 Å². The van der Waals surface area contributed by atoms with Gasteiger partial charge in [0.25, 0.3) is 0 Å². The van der Waals surface area contributed by atoms with Gasteiger partial charge in [-0.25, -0.2) is 13.4 Å². The average Bonchev–Trinajstić information content (AvgIpc) is 2.44. The van der Waals surface area contributed by atoms with E-state index in [0.717, 1.165) is 17.9 Å². The zero-order chi connectivity index (χ0) is 17.5. The summed E-state index contributed by atoms with van der Waals surface area (Å²) >= 11 is 0. The molecular weight excluding hydrogens is 437 g/mol. The number of hydrogen-bond acceptors (Lipinski definition) is 3. The molecule has 24 heavy (non-hydrogen) atoms. The fraction of sp³-hybridized carbons (Fsp3) is 0.588. The normalized spacial score (nSPS) is 13.5. The zero-order valence-electron chi connectivity index (χ0n) is 15.0. The number of nitrogens with zero attached hydrogens (tertiary/aromatic N) is 1. The van der Waals surface area contributed by atoms with E-state index in [1.54, 1.807) is 24.3 Å². The van der Waals surface area contributed by atoms with Crippen molar-refractivity contribution in [1.82, 2.24) is 5.32 Å². The molecular formula is C17H30IN3O2S. The summed E-state index contributed by atoms with van der Waals surface area (Å²) in [5.41, 5.74) is 6.82. The maximum absolute atomic E-state index is 11.4. The van der Waals surface area contributed by atoms with Crippen molar-refractivity contribution in [3.63, 3.8) is 0 Å². The molecule has 138 valence electrons. The molecule has 7 heteroatoms. The number of benzene rings is 1. The molecule has 0 aliphatic carbocycles. The van der Waals surface area contributed by atoms with E-state index in [2.05, 4.69) is 31.1 Å². The van der Waals surface area contributed by atoms with E-state index < -0.39 is 9.84 Å². The minimum Gasteiger partial charge on any atom is -0.370 e. The SMILES string of the molecule is CC(C)CCCC(C)NC(N)=NCc1ccc(S(C)(=O)=O)cc1.I. The summed E-state index contributed by atoms with van der Waals surface area (Å²) in [5.74, 6) is 1.15. The second-order valence-electron chi connectivity index (χ2n) is 6.49. The molecule has 5 nitrogen and oxygen atoms in total. The highest BCUT2D eigenvalue weighted by molar-refractivity contribution is 14.0. The number of sulfone groups is 1. The van der Waals surface area contributed by atoms with Crippen LogP contribution in [0.2, 0.25) is 0 Å². The number of aliphatic imine (C=N–C) groups is 1. The van der Waals surface area contributed by atoms with Gasteiger partial charge in [0, 0.05) is 12.3 Å². The lowest BCUT2D eigenvalue weighted by Gasteiger charge is -2.15. The van der Waals surface area contributed by atoms with Gasteiger partial charge in [0.1, 0.15) is 0 Å². The molecule has 3 N–H and O–H groups in total. The predicted octanol–water partition coefficient (Wildman–Crippen LogP) is 3.33. The first-order chi connectivity index (χ1) is 10.7. The number of halogens is 1. The number of nitrogens with two attached hydrogens (primary N) is 1. The summed E-state index contributed by atoms with van der Waals surface area (Å²) in [6.45, 7) is 6.98. The summed E-state index contributed by atoms with van der Waals surface area (Å²) in [4.78, 5) is 4.62. The van der Waals surface area contributed by atoms with Crippen molar-refractivity contribution in [3.05, 3.63) is 29.8 Å². The quantitative estimate of drug-likeness (QED) is 0.349. The van der Waals surface area contributed by atoms with Crippen LogP contribution in [0.4, 0.5) is 0 Å². The van der Waals surface area contributed by atoms with Crippen LogP contribution < -0.4 is 11.1 Å². The molecule has 0 saturated carbocycles. The Balaban J connectivity index is 0.00000529. The van der Waals surface area contributed by atoms with Crippen LogP contribution in [0.3, 0.4) is 0 Å². The summed E-state index contributed by atoms with van der Waals surface area (Å²) in [6, 6.07) is 7.01. The average molecular weight is 467 g/mol. The van der Waals surface area contributed by atoms with E-state index in [0.29, 0.717) is 23.4 Å². The maximum Gasteiger partial charge on any atom is 0.189 e. The molecule has 0 saturated heterocycles. The van der Waals surface area contributed by atoms with Crippen LogP contribution in [0.5, 0.6) is 0 Å². The first-order valence-electron chi connectivity index (χ1n) is 8.04. The van der Waals surface area contributed by atoms with E-state index in [4.69, 9.17) is 5.73 Å². The number of rotatable bonds is 8. The van der Waals surface area contributed by atoms with Gasteiger partial charge >= 0.3 is 0 Å². The summed E-state index contributed by atoms with van der Waals surface area (Å²) in [5, 5.41) is 3.19. The Morgan fingerprint density at radius 2 is 1.75 bits per heavy atom. The Morgan fingerprint density at radius 3 is 2.25 bits per heavy atom. The molecule has 0 aliphatic rings. The molecule has 0 aliphatic heterocycles. The van der Waals surface area contributed by atoms with Gasteiger partial charge in [0.15, 0.2) is 15.8 Å². The van der Waals surface area contributed by atoms with Crippen LogP contribution in [0.15, 0.2) is 34.2 Å². The van der Waals surface area contributed by atoms with E-state index in [1.165, 1.54) is 19.1 Å². The van der Waals surface area contributed by atoms with Crippen LogP contribution in [0.1, 0.15) is 45.6 Å². The van der Waals surface area contributed by atoms with E-state index in [9.17, 15) is 8.42 Å². The van der Waals surface area contributed by atoms with Crippen LogP contribution in [0, 0.1) is 5.92 Å². The second-order valence-corrected chi connectivity index (χ2v) is 8.50. The van der Waals surface area contributed by atoms with E-state index >= 15 is 0 Å². The standard InChI is InChI=1S/C17H29N3O2S.HI/c1-13(2)6-5-7-14(3)20-17(18)19-12-15-8-10-16(11-9-15)23(4,21)22;/h8-11,13-14H,5-7,12H2,1-4H3,(H3,18,19,20);1H. The molecule has 1 aromatic rings. The van der Waals surface area contributed by atoms with Crippen LogP contribution in [-0.4, -0.2) is 26.7 Å². The lowest BCUT2D eigenvalue weighted by atomic mass is 10.0. The molecule has 1 unspecified atom stereocenters. The molecule has 0 aromatic heterocycles. The molecule has 1 rings (SSSR count). The minimum atomic E-state index is -3.15. The molecule has 1 aromatic carbocycles. The Labute approximate surface area is 163 Å². The van der Waals surface area contributed by atoms with Crippen molar-refractivity contribution >= 4 is 39.8 Å². The third-order valence-corrected chi connectivity index (χ3v) is 4.72. The van der Waals surface area contributed by atoms with Gasteiger partial charge in [-0.15, -0.1) is 24.0 Å². The first-order valence-corrected chi connectivity index (χ1v) is 9.93. The smallest absolute Gasteiger partial charge is 0.189 e. The van der Waals surface area contributed by atoms with Crippen molar-refractivity contribution in [1.29, 1.82) is 0 Å². The largest absolute Gasteiger partial charge is 0.370 e. The third-order valence-electron chi connectivity index (χ3n) is 3.60. The molecule has 0 bridgehead atoms. The molecule has 0 spiro atoms. The van der Waals surface area contributed by atoms with Gasteiger partial charge in [-0.05, 0) is 37.0 Å². The maximum atomic E-state index is 11.4. The fourth-order valence-corrected chi connectivity index (χ4v) is 2.85. The minimum absolute atomic E-state index is 0. The van der Waals surface area contributed by atoms with E-state index in [1.807, 2.05) is 0 Å². The zero-order valence-corrected chi connectivity index (χ0v) is 18.1. The highest BCUT2D eigenvalue weighted by Crippen LogP contribution is 2.11. The molecule has 0 amide bonds. The van der Waals surface area contributed by atoms with Gasteiger partial charge < -0.3 is 11.1 Å². The molecule has 1 atom stereocenters. The second kappa shape index (κ2) is 10.9. The summed E-state index contributed by atoms with van der Waals surface area (Å²) in [6.07, 6.45) is 4.65. The Bertz CT molecular complexity index is 613. The molecule has 0 radical (unpaired) electrons. The highest BCUT2D eigenvalue weighted by Gasteiger charge is 2.06. The predicted molar refractivity (Wildman–Crippen MR) is 112 cm³/mol. The van der Waals surface area contributed by atoms with Crippen molar-refractivity contribution in [3.8, 4) is 0 Å². The lowest BCUT2D eigenvalue weighted by molar-refractivity contribution is 0.493.